The Morgan fingerprint density at radius 1 is 1.14 bits per heavy atom. The lowest BCUT2D eigenvalue weighted by atomic mass is 10.0. The van der Waals surface area contributed by atoms with Crippen LogP contribution in [-0.2, 0) is 4.79 Å². The lowest BCUT2D eigenvalue weighted by Gasteiger charge is -1.99. The van der Waals surface area contributed by atoms with Gasteiger partial charge in [-0.3, -0.25) is 9.89 Å². The van der Waals surface area contributed by atoms with Crippen LogP contribution in [0.2, 0.25) is 5.02 Å². The second-order valence-corrected chi connectivity index (χ2v) is 5.23. The van der Waals surface area contributed by atoms with Crippen molar-refractivity contribution in [2.45, 2.75) is 0 Å². The smallest absolute Gasteiger partial charge is 0.256 e. The lowest BCUT2D eigenvalue weighted by molar-refractivity contribution is -0.110. The Balaban J connectivity index is 1.84. The minimum atomic E-state index is -0.132. The topological polar surface area (TPSA) is 70.7 Å². The number of carbonyl (C=O) groups excluding carboxylic acids is 1. The van der Waals surface area contributed by atoms with E-state index in [1.165, 1.54) is 0 Å². The van der Waals surface area contributed by atoms with Crippen molar-refractivity contribution >= 4 is 45.9 Å². The van der Waals surface area contributed by atoms with Gasteiger partial charge in [0.25, 0.3) is 5.91 Å². The van der Waals surface area contributed by atoms with Gasteiger partial charge in [0.1, 0.15) is 5.52 Å². The third-order valence-electron chi connectivity index (χ3n) is 3.43. The summed E-state index contributed by atoms with van der Waals surface area (Å²) in [5.74, 6) is -0.132. The third kappa shape index (κ3) is 1.98. The number of carbonyl (C=O) groups is 1. The second-order valence-electron chi connectivity index (χ2n) is 4.79. The molecule has 0 bridgehead atoms. The van der Waals surface area contributed by atoms with Gasteiger partial charge in [0, 0.05) is 16.2 Å². The maximum atomic E-state index is 12.1. The van der Waals surface area contributed by atoms with Crippen LogP contribution < -0.4 is 5.32 Å². The van der Waals surface area contributed by atoms with E-state index in [0.29, 0.717) is 10.6 Å². The van der Waals surface area contributed by atoms with Gasteiger partial charge in [-0.2, -0.15) is 0 Å². The number of aromatic amines is 1. The molecule has 0 radical (unpaired) electrons. The highest BCUT2D eigenvalue weighted by Crippen LogP contribution is 2.35. The summed E-state index contributed by atoms with van der Waals surface area (Å²) >= 11 is 5.94. The highest BCUT2D eigenvalue weighted by atomic mass is 35.5. The van der Waals surface area contributed by atoms with Gasteiger partial charge in [0.05, 0.1) is 11.2 Å². The fourth-order valence-electron chi connectivity index (χ4n) is 2.43. The number of rotatable bonds is 1. The number of hydrogen-bond donors (Lipinski definition) is 2. The molecule has 5 nitrogen and oxygen atoms in total. The van der Waals surface area contributed by atoms with Crippen molar-refractivity contribution in [1.82, 2.24) is 15.4 Å². The summed E-state index contributed by atoms with van der Waals surface area (Å²) in [5.41, 5.74) is 4.72. The first kappa shape index (κ1) is 12.1. The van der Waals surface area contributed by atoms with Gasteiger partial charge in [0.15, 0.2) is 0 Å². The molecule has 0 saturated heterocycles. The highest BCUT2D eigenvalue weighted by Gasteiger charge is 2.24. The van der Waals surface area contributed by atoms with Gasteiger partial charge < -0.3 is 5.32 Å². The molecule has 0 atom stereocenters. The third-order valence-corrected chi connectivity index (χ3v) is 3.66. The van der Waals surface area contributed by atoms with Crippen LogP contribution >= 0.6 is 11.6 Å². The minimum absolute atomic E-state index is 0.132. The molecule has 6 heteroatoms. The molecule has 4 rings (SSSR count). The second kappa shape index (κ2) is 4.43. The molecule has 2 heterocycles. The van der Waals surface area contributed by atoms with E-state index in [1.54, 1.807) is 12.1 Å². The molecule has 0 aliphatic carbocycles. The van der Waals surface area contributed by atoms with Crippen molar-refractivity contribution in [3.05, 3.63) is 52.5 Å². The molecule has 0 fully saturated rings. The van der Waals surface area contributed by atoms with Crippen LogP contribution in [0.25, 0.3) is 22.7 Å². The standard InChI is InChI=1S/C15H9ClN4O/c16-9-2-3-10-11(15(21)17-13(10)7-9)5-8-1-4-12-14(6-8)19-20-18-12/h1-7H,(H,17,21)(H,18,19,20). The molecule has 1 aliphatic heterocycles. The summed E-state index contributed by atoms with van der Waals surface area (Å²) in [7, 11) is 0. The zero-order valence-corrected chi connectivity index (χ0v) is 11.5. The zero-order chi connectivity index (χ0) is 14.4. The van der Waals surface area contributed by atoms with Crippen LogP contribution in [0.3, 0.4) is 0 Å². The van der Waals surface area contributed by atoms with Crippen molar-refractivity contribution in [3.63, 3.8) is 0 Å². The molecule has 2 aromatic carbocycles. The molecule has 1 aliphatic rings. The molecule has 2 N–H and O–H groups in total. The minimum Gasteiger partial charge on any atom is -0.321 e. The van der Waals surface area contributed by atoms with Crippen LogP contribution in [0.1, 0.15) is 11.1 Å². The predicted molar refractivity (Wildman–Crippen MR) is 81.8 cm³/mol. The van der Waals surface area contributed by atoms with E-state index in [4.69, 9.17) is 11.6 Å². The summed E-state index contributed by atoms with van der Waals surface area (Å²) in [4.78, 5) is 12.1. The fraction of sp³-hybridized carbons (Fsp3) is 0. The first-order valence-electron chi connectivity index (χ1n) is 6.34. The van der Waals surface area contributed by atoms with Gasteiger partial charge in [-0.15, -0.1) is 5.10 Å². The summed E-state index contributed by atoms with van der Waals surface area (Å²) in [5, 5.41) is 13.9. The van der Waals surface area contributed by atoms with Crippen LogP contribution in [0.15, 0.2) is 36.4 Å². The number of aromatic nitrogens is 3. The molecule has 0 unspecified atom stereocenters. The molecule has 0 spiro atoms. The van der Waals surface area contributed by atoms with E-state index in [0.717, 1.165) is 27.8 Å². The molecular weight excluding hydrogens is 288 g/mol. The van der Waals surface area contributed by atoms with E-state index >= 15 is 0 Å². The van der Waals surface area contributed by atoms with Gasteiger partial charge in [-0.05, 0) is 35.9 Å². The Bertz CT molecular complexity index is 913. The van der Waals surface area contributed by atoms with Gasteiger partial charge in [0.2, 0.25) is 0 Å². The number of nitrogens with zero attached hydrogens (tertiary/aromatic N) is 2. The maximum Gasteiger partial charge on any atom is 0.256 e. The fourth-order valence-corrected chi connectivity index (χ4v) is 2.60. The Kier molecular flexibility index (Phi) is 2.55. The van der Waals surface area contributed by atoms with Crippen LogP contribution in [-0.4, -0.2) is 21.3 Å². The van der Waals surface area contributed by atoms with Gasteiger partial charge in [-0.25, -0.2) is 0 Å². The van der Waals surface area contributed by atoms with Gasteiger partial charge in [-0.1, -0.05) is 28.9 Å². The molecule has 1 aromatic heterocycles. The van der Waals surface area contributed by atoms with E-state index < -0.39 is 0 Å². The monoisotopic (exact) mass is 296 g/mol. The number of fused-ring (bicyclic) bond motifs is 2. The molecule has 3 aromatic rings. The normalized spacial score (nSPS) is 15.5. The first-order valence-corrected chi connectivity index (χ1v) is 6.72. The van der Waals surface area contributed by atoms with Crippen molar-refractivity contribution < 1.29 is 4.79 Å². The summed E-state index contributed by atoms with van der Waals surface area (Å²) in [6, 6.07) is 11.0. The molecule has 1 amide bonds. The largest absolute Gasteiger partial charge is 0.321 e. The van der Waals surface area contributed by atoms with Crippen molar-refractivity contribution in [2.24, 2.45) is 0 Å². The quantitative estimate of drug-likeness (QED) is 0.678. The van der Waals surface area contributed by atoms with Crippen LogP contribution in [0, 0.1) is 0 Å². The molecule has 0 saturated carbocycles. The van der Waals surface area contributed by atoms with Crippen LogP contribution in [0.5, 0.6) is 0 Å². The van der Waals surface area contributed by atoms with Crippen molar-refractivity contribution in [1.29, 1.82) is 0 Å². The maximum absolute atomic E-state index is 12.1. The number of amides is 1. The van der Waals surface area contributed by atoms with Crippen LogP contribution in [0.4, 0.5) is 5.69 Å². The van der Waals surface area contributed by atoms with E-state index in [9.17, 15) is 4.79 Å². The Hall–Kier alpha value is -2.66. The molecule has 21 heavy (non-hydrogen) atoms. The first-order chi connectivity index (χ1) is 10.2. The number of anilines is 1. The van der Waals surface area contributed by atoms with Crippen molar-refractivity contribution in [2.75, 3.05) is 5.32 Å². The van der Waals surface area contributed by atoms with Crippen molar-refractivity contribution in [3.8, 4) is 0 Å². The molecule has 102 valence electrons. The van der Waals surface area contributed by atoms with E-state index in [2.05, 4.69) is 20.7 Å². The Morgan fingerprint density at radius 3 is 2.95 bits per heavy atom. The summed E-state index contributed by atoms with van der Waals surface area (Å²) in [6.07, 6.45) is 1.84. The molecular formula is C15H9ClN4O. The van der Waals surface area contributed by atoms with Gasteiger partial charge >= 0.3 is 0 Å². The zero-order valence-electron chi connectivity index (χ0n) is 10.7. The number of H-pyrrole nitrogens is 1. The number of hydrogen-bond acceptors (Lipinski definition) is 3. The summed E-state index contributed by atoms with van der Waals surface area (Å²) < 4.78 is 0. The predicted octanol–water partition coefficient (Wildman–Crippen LogP) is 3.10. The average Bonchev–Trinajstić information content (AvgIpc) is 3.03. The Morgan fingerprint density at radius 2 is 2.05 bits per heavy atom. The number of halogens is 1. The Labute approximate surface area is 124 Å². The lowest BCUT2D eigenvalue weighted by Crippen LogP contribution is -2.03. The van der Waals surface area contributed by atoms with E-state index in [-0.39, 0.29) is 5.91 Å². The highest BCUT2D eigenvalue weighted by molar-refractivity contribution is 6.36. The SMILES string of the molecule is O=C1Nc2cc(Cl)ccc2C1=Cc1ccc2[nH]nnc2c1. The number of benzene rings is 2. The average molecular weight is 297 g/mol. The summed E-state index contributed by atoms with van der Waals surface area (Å²) in [6.45, 7) is 0. The number of nitrogens with one attached hydrogen (secondary N) is 2. The van der Waals surface area contributed by atoms with E-state index in [1.807, 2.05) is 30.3 Å².